The summed E-state index contributed by atoms with van der Waals surface area (Å²) in [6.07, 6.45) is 1.89. The lowest BCUT2D eigenvalue weighted by Gasteiger charge is -2.13. The van der Waals surface area contributed by atoms with Crippen LogP contribution in [-0.4, -0.2) is 10.5 Å². The molecule has 1 N–H and O–H groups in total. The number of nitrogens with one attached hydrogen (secondary N) is 1. The van der Waals surface area contributed by atoms with Crippen LogP contribution in [0.2, 0.25) is 10.0 Å². The first-order valence-electron chi connectivity index (χ1n) is 8.71. The number of hydrogen-bond donors (Lipinski definition) is 1. The van der Waals surface area contributed by atoms with E-state index in [-0.39, 0.29) is 5.91 Å². The minimum Gasteiger partial charge on any atom is -0.322 e. The lowest BCUT2D eigenvalue weighted by molar-refractivity contribution is 0.102. The molecule has 3 aromatic carbocycles. The van der Waals surface area contributed by atoms with Gasteiger partial charge >= 0.3 is 0 Å². The molecule has 4 aromatic rings. The van der Waals surface area contributed by atoms with E-state index in [4.69, 9.17) is 23.2 Å². The summed E-state index contributed by atoms with van der Waals surface area (Å²) in [5.74, 6) is -0.186. The Morgan fingerprint density at radius 2 is 1.36 bits per heavy atom. The maximum Gasteiger partial charge on any atom is 0.257 e. The molecule has 138 valence electrons. The van der Waals surface area contributed by atoms with Gasteiger partial charge in [-0.1, -0.05) is 53.5 Å². The summed E-state index contributed by atoms with van der Waals surface area (Å²) in [5, 5.41) is 4.22. The van der Waals surface area contributed by atoms with Crippen LogP contribution >= 0.6 is 23.2 Å². The van der Waals surface area contributed by atoms with Gasteiger partial charge in [0.05, 0.1) is 11.3 Å². The fraction of sp³-hybridized carbons (Fsp3) is 0. The van der Waals surface area contributed by atoms with Gasteiger partial charge in [-0.3, -0.25) is 4.79 Å². The van der Waals surface area contributed by atoms with Crippen molar-refractivity contribution in [3.8, 4) is 16.9 Å². The summed E-state index contributed by atoms with van der Waals surface area (Å²) in [5.41, 5.74) is 3.95. The highest BCUT2D eigenvalue weighted by Crippen LogP contribution is 2.29. The molecule has 0 bridgehead atoms. The Bertz CT molecular complexity index is 1100. The van der Waals surface area contributed by atoms with E-state index < -0.39 is 0 Å². The van der Waals surface area contributed by atoms with Crippen LogP contribution < -0.4 is 5.32 Å². The minimum atomic E-state index is -0.186. The Labute approximate surface area is 173 Å². The van der Waals surface area contributed by atoms with Crippen LogP contribution in [0, 0.1) is 0 Å². The highest BCUT2D eigenvalue weighted by atomic mass is 35.5. The van der Waals surface area contributed by atoms with E-state index in [0.29, 0.717) is 21.3 Å². The molecule has 0 aliphatic rings. The van der Waals surface area contributed by atoms with Gasteiger partial charge in [0.25, 0.3) is 5.91 Å². The van der Waals surface area contributed by atoms with Crippen molar-refractivity contribution in [2.75, 3.05) is 5.32 Å². The molecule has 1 amide bonds. The average Bonchev–Trinajstić information content (AvgIpc) is 3.16. The van der Waals surface area contributed by atoms with E-state index in [1.165, 1.54) is 0 Å². The molecule has 0 saturated heterocycles. The first-order chi connectivity index (χ1) is 13.6. The van der Waals surface area contributed by atoms with Gasteiger partial charge in [-0.05, 0) is 60.2 Å². The second kappa shape index (κ2) is 7.93. The highest BCUT2D eigenvalue weighted by Gasteiger charge is 2.18. The van der Waals surface area contributed by atoms with Gasteiger partial charge in [-0.15, -0.1) is 0 Å². The van der Waals surface area contributed by atoms with Crippen LogP contribution in [0.15, 0.2) is 91.1 Å². The van der Waals surface area contributed by atoms with Crippen LogP contribution in [0.5, 0.6) is 0 Å². The third-order valence-corrected chi connectivity index (χ3v) is 4.89. The highest BCUT2D eigenvalue weighted by molar-refractivity contribution is 6.31. The molecule has 1 heterocycles. The molecule has 0 aliphatic heterocycles. The van der Waals surface area contributed by atoms with E-state index in [9.17, 15) is 4.79 Å². The first kappa shape index (κ1) is 18.4. The van der Waals surface area contributed by atoms with Crippen molar-refractivity contribution in [2.45, 2.75) is 0 Å². The topological polar surface area (TPSA) is 34.0 Å². The molecule has 0 unspecified atom stereocenters. The summed E-state index contributed by atoms with van der Waals surface area (Å²) in [7, 11) is 0. The summed E-state index contributed by atoms with van der Waals surface area (Å²) in [6, 6.07) is 26.2. The number of nitrogens with zero attached hydrogens (tertiary/aromatic N) is 1. The van der Waals surface area contributed by atoms with E-state index in [1.807, 2.05) is 71.4 Å². The normalized spacial score (nSPS) is 10.6. The number of aromatic nitrogens is 1. The number of carbonyl (C=O) groups excluding carboxylic acids is 1. The first-order valence-corrected chi connectivity index (χ1v) is 9.47. The molecule has 0 atom stereocenters. The maximum atomic E-state index is 13.0. The monoisotopic (exact) mass is 406 g/mol. The third kappa shape index (κ3) is 3.81. The molecule has 4 rings (SSSR count). The minimum absolute atomic E-state index is 0.186. The second-order valence-electron chi connectivity index (χ2n) is 6.25. The summed E-state index contributed by atoms with van der Waals surface area (Å²) in [4.78, 5) is 13.0. The molecule has 3 nitrogen and oxygen atoms in total. The molecule has 0 radical (unpaired) electrons. The van der Waals surface area contributed by atoms with Crippen LogP contribution in [0.1, 0.15) is 10.4 Å². The molecule has 0 fully saturated rings. The van der Waals surface area contributed by atoms with Crippen LogP contribution in [0.3, 0.4) is 0 Å². The molecule has 1 aromatic heterocycles. The van der Waals surface area contributed by atoms with E-state index in [0.717, 1.165) is 16.9 Å². The van der Waals surface area contributed by atoms with Crippen molar-refractivity contribution in [1.29, 1.82) is 0 Å². The zero-order valence-electron chi connectivity index (χ0n) is 14.8. The standard InChI is InChI=1S/C23H16Cl2N2O/c24-17-6-10-19(11-7-17)26-23(28)21-14-15-27(20-12-8-18(25)9-13-20)22(21)16-4-2-1-3-5-16/h1-15H,(H,26,28). The smallest absolute Gasteiger partial charge is 0.257 e. The van der Waals surface area contributed by atoms with Crippen LogP contribution in [-0.2, 0) is 0 Å². The predicted molar refractivity (Wildman–Crippen MR) is 116 cm³/mol. The number of carbonyl (C=O) groups is 1. The Morgan fingerprint density at radius 3 is 2.00 bits per heavy atom. The number of benzene rings is 3. The second-order valence-corrected chi connectivity index (χ2v) is 7.12. The number of halogens is 2. The predicted octanol–water partition coefficient (Wildman–Crippen LogP) is 6.70. The summed E-state index contributed by atoms with van der Waals surface area (Å²) < 4.78 is 1.99. The van der Waals surface area contributed by atoms with Crippen LogP contribution in [0.25, 0.3) is 16.9 Å². The molecule has 0 saturated carbocycles. The molecule has 5 heteroatoms. The van der Waals surface area contributed by atoms with Crippen molar-refractivity contribution in [3.63, 3.8) is 0 Å². The fourth-order valence-corrected chi connectivity index (χ4v) is 3.31. The quantitative estimate of drug-likeness (QED) is 0.401. The van der Waals surface area contributed by atoms with E-state index in [2.05, 4.69) is 5.32 Å². The zero-order valence-corrected chi connectivity index (χ0v) is 16.3. The van der Waals surface area contributed by atoms with Crippen molar-refractivity contribution in [3.05, 3.63) is 107 Å². The Kier molecular flexibility index (Phi) is 5.20. The van der Waals surface area contributed by atoms with Gasteiger partial charge < -0.3 is 9.88 Å². The van der Waals surface area contributed by atoms with Crippen molar-refractivity contribution in [2.24, 2.45) is 0 Å². The van der Waals surface area contributed by atoms with Crippen LogP contribution in [0.4, 0.5) is 5.69 Å². The summed E-state index contributed by atoms with van der Waals surface area (Å²) >= 11 is 12.0. The Balaban J connectivity index is 1.77. The molecular formula is C23H16Cl2N2O. The zero-order chi connectivity index (χ0) is 19.5. The molecule has 0 aliphatic carbocycles. The number of rotatable bonds is 4. The van der Waals surface area contributed by atoms with Crippen molar-refractivity contribution >= 4 is 34.8 Å². The fourth-order valence-electron chi connectivity index (χ4n) is 3.05. The summed E-state index contributed by atoms with van der Waals surface area (Å²) in [6.45, 7) is 0. The van der Waals surface area contributed by atoms with Crippen molar-refractivity contribution < 1.29 is 4.79 Å². The SMILES string of the molecule is O=C(Nc1ccc(Cl)cc1)c1ccn(-c2ccc(Cl)cc2)c1-c1ccccc1. The Hall–Kier alpha value is -3.01. The van der Waals surface area contributed by atoms with Gasteiger partial charge in [-0.25, -0.2) is 0 Å². The lowest BCUT2D eigenvalue weighted by atomic mass is 10.1. The number of amides is 1. The lowest BCUT2D eigenvalue weighted by Crippen LogP contribution is -2.13. The van der Waals surface area contributed by atoms with E-state index >= 15 is 0 Å². The Morgan fingerprint density at radius 1 is 0.750 bits per heavy atom. The van der Waals surface area contributed by atoms with Gasteiger partial charge in [0.1, 0.15) is 0 Å². The molecular weight excluding hydrogens is 391 g/mol. The largest absolute Gasteiger partial charge is 0.322 e. The number of anilines is 1. The third-order valence-electron chi connectivity index (χ3n) is 4.39. The van der Waals surface area contributed by atoms with Gasteiger partial charge in [0.15, 0.2) is 0 Å². The average molecular weight is 407 g/mol. The molecule has 28 heavy (non-hydrogen) atoms. The number of hydrogen-bond acceptors (Lipinski definition) is 1. The van der Waals surface area contributed by atoms with E-state index in [1.54, 1.807) is 24.3 Å². The maximum absolute atomic E-state index is 13.0. The van der Waals surface area contributed by atoms with Crippen molar-refractivity contribution in [1.82, 2.24) is 4.57 Å². The van der Waals surface area contributed by atoms with Gasteiger partial charge in [0.2, 0.25) is 0 Å². The van der Waals surface area contributed by atoms with Gasteiger partial charge in [0, 0.05) is 27.6 Å². The molecule has 0 spiro atoms. The van der Waals surface area contributed by atoms with Gasteiger partial charge in [-0.2, -0.15) is 0 Å².